The van der Waals surface area contributed by atoms with Crippen molar-refractivity contribution in [2.75, 3.05) is 5.73 Å². The lowest BCUT2D eigenvalue weighted by Crippen LogP contribution is -2.22. The van der Waals surface area contributed by atoms with E-state index in [4.69, 9.17) is 18.7 Å². The third-order valence-corrected chi connectivity index (χ3v) is 1.72. The Bertz CT molecular complexity index is 340. The highest BCUT2D eigenvalue weighted by molar-refractivity contribution is 6.32. The van der Waals surface area contributed by atoms with Crippen LogP contribution in [0.25, 0.3) is 0 Å². The molecule has 1 aromatic rings. The van der Waals surface area contributed by atoms with Gasteiger partial charge in [-0.3, -0.25) is 0 Å². The average Bonchev–Trinajstić information content (AvgIpc) is 2.01. The summed E-state index contributed by atoms with van der Waals surface area (Å²) in [6.45, 7) is 0. The molecule has 74 valence electrons. The van der Waals surface area contributed by atoms with Gasteiger partial charge in [0, 0.05) is 11.3 Å². The molecule has 1 aromatic carbocycles. The van der Waals surface area contributed by atoms with Crippen LogP contribution in [-0.2, 0) is 0 Å². The van der Waals surface area contributed by atoms with Crippen LogP contribution in [0.1, 0.15) is 11.7 Å². The van der Waals surface area contributed by atoms with Gasteiger partial charge >= 0.3 is 6.18 Å². The molecule has 0 saturated heterocycles. The number of hydrogen-bond donors (Lipinski definition) is 2. The zero-order chi connectivity index (χ0) is 10.9. The molecule has 0 aliphatic heterocycles. The molecule has 1 atom stereocenters. The zero-order valence-corrected chi connectivity index (χ0v) is 7.05. The molecule has 0 aliphatic carbocycles. The van der Waals surface area contributed by atoms with E-state index in [-0.39, 0.29) is 16.7 Å². The van der Waals surface area contributed by atoms with E-state index in [1.54, 1.807) is 0 Å². The average molecular weight is 201 g/mol. The summed E-state index contributed by atoms with van der Waals surface area (Å²) in [7, 11) is 5.29. The van der Waals surface area contributed by atoms with Crippen molar-refractivity contribution in [1.29, 1.82) is 0 Å². The summed E-state index contributed by atoms with van der Waals surface area (Å²) < 4.78 is 36.2. The van der Waals surface area contributed by atoms with Crippen molar-refractivity contribution in [2.45, 2.75) is 12.3 Å². The highest BCUT2D eigenvalue weighted by Crippen LogP contribution is 2.34. The summed E-state index contributed by atoms with van der Waals surface area (Å²) in [5.74, 6) is 0. The Morgan fingerprint density at radius 1 is 1.36 bits per heavy atom. The van der Waals surface area contributed by atoms with E-state index in [1.807, 2.05) is 0 Å². The number of nitrogen functional groups attached to an aromatic ring is 1. The Labute approximate surface area is 79.9 Å². The van der Waals surface area contributed by atoms with Crippen molar-refractivity contribution < 1.29 is 18.3 Å². The van der Waals surface area contributed by atoms with Crippen molar-refractivity contribution in [1.82, 2.24) is 0 Å². The molecular weight excluding hydrogens is 194 g/mol. The Balaban J connectivity index is 3.08. The van der Waals surface area contributed by atoms with Crippen molar-refractivity contribution in [3.8, 4) is 0 Å². The first-order chi connectivity index (χ1) is 6.32. The van der Waals surface area contributed by atoms with Crippen molar-refractivity contribution in [3.05, 3.63) is 23.8 Å². The lowest BCUT2D eigenvalue weighted by molar-refractivity contribution is -0.206. The van der Waals surface area contributed by atoms with Crippen LogP contribution in [0.5, 0.6) is 0 Å². The summed E-state index contributed by atoms with van der Waals surface area (Å²) in [6, 6.07) is 3.48. The van der Waals surface area contributed by atoms with Crippen LogP contribution in [0.2, 0.25) is 0 Å². The van der Waals surface area contributed by atoms with E-state index in [1.165, 1.54) is 12.1 Å². The predicted molar refractivity (Wildman–Crippen MR) is 47.3 cm³/mol. The van der Waals surface area contributed by atoms with E-state index in [0.29, 0.717) is 0 Å². The van der Waals surface area contributed by atoms with E-state index in [0.717, 1.165) is 6.07 Å². The smallest absolute Gasteiger partial charge is 0.398 e. The predicted octanol–water partition coefficient (Wildman–Crippen LogP) is 0.658. The fourth-order valence-electron chi connectivity index (χ4n) is 1.02. The first-order valence-corrected chi connectivity index (χ1v) is 3.72. The number of aliphatic hydroxyl groups is 1. The molecule has 0 bridgehead atoms. The summed E-state index contributed by atoms with van der Waals surface area (Å²) in [4.78, 5) is 0. The van der Waals surface area contributed by atoms with Crippen molar-refractivity contribution in [2.24, 2.45) is 0 Å². The minimum Gasteiger partial charge on any atom is -0.398 e. The first kappa shape index (κ1) is 10.9. The van der Waals surface area contributed by atoms with Gasteiger partial charge in [0.25, 0.3) is 0 Å². The van der Waals surface area contributed by atoms with Gasteiger partial charge in [0.15, 0.2) is 6.10 Å². The van der Waals surface area contributed by atoms with Gasteiger partial charge in [-0.2, -0.15) is 13.2 Å². The summed E-state index contributed by atoms with van der Waals surface area (Å²) >= 11 is 0. The van der Waals surface area contributed by atoms with E-state index in [9.17, 15) is 13.2 Å². The topological polar surface area (TPSA) is 46.2 Å². The molecule has 1 unspecified atom stereocenters. The molecule has 0 aliphatic rings. The Morgan fingerprint density at radius 3 is 2.36 bits per heavy atom. The minimum atomic E-state index is -4.72. The molecular formula is C8H7BF3NO. The maximum absolute atomic E-state index is 12.1. The molecule has 0 aromatic heterocycles. The number of anilines is 1. The van der Waals surface area contributed by atoms with Crippen molar-refractivity contribution in [3.63, 3.8) is 0 Å². The number of alkyl halides is 3. The lowest BCUT2D eigenvalue weighted by Gasteiger charge is -2.16. The lowest BCUT2D eigenvalue weighted by atomic mass is 9.93. The second-order valence-corrected chi connectivity index (χ2v) is 2.83. The van der Waals surface area contributed by atoms with Crippen LogP contribution in [0.15, 0.2) is 18.2 Å². The van der Waals surface area contributed by atoms with E-state index in [2.05, 4.69) is 0 Å². The second-order valence-electron chi connectivity index (χ2n) is 2.83. The molecule has 0 saturated carbocycles. The standard InChI is InChI=1S/C8H7BF3NO/c9-4-1-2-5(6(13)3-4)7(14)8(10,11)12/h1-3,7,14H,13H2. The number of aliphatic hydroxyl groups excluding tert-OH is 1. The fraction of sp³-hybridized carbons (Fsp3) is 0.250. The Hall–Kier alpha value is -1.17. The molecule has 1 rings (SSSR count). The van der Waals surface area contributed by atoms with Crippen LogP contribution in [0.3, 0.4) is 0 Å². The monoisotopic (exact) mass is 201 g/mol. The first-order valence-electron chi connectivity index (χ1n) is 3.72. The molecule has 3 N–H and O–H groups in total. The van der Waals surface area contributed by atoms with Crippen LogP contribution in [0, 0.1) is 0 Å². The number of benzene rings is 1. The second kappa shape index (κ2) is 3.53. The third-order valence-electron chi connectivity index (χ3n) is 1.72. The maximum Gasteiger partial charge on any atom is 0.418 e. The normalized spacial score (nSPS) is 14.0. The Morgan fingerprint density at radius 2 is 1.93 bits per heavy atom. The largest absolute Gasteiger partial charge is 0.418 e. The molecule has 14 heavy (non-hydrogen) atoms. The van der Waals surface area contributed by atoms with Gasteiger partial charge in [-0.25, -0.2) is 0 Å². The summed E-state index contributed by atoms with van der Waals surface area (Å²) in [6.07, 6.45) is -7.28. The SMILES string of the molecule is [B]c1ccc(C(O)C(F)(F)F)c(N)c1. The van der Waals surface area contributed by atoms with Crippen LogP contribution in [-0.4, -0.2) is 19.1 Å². The van der Waals surface area contributed by atoms with Gasteiger partial charge in [-0.15, -0.1) is 0 Å². The molecule has 0 heterocycles. The van der Waals surface area contributed by atoms with Gasteiger partial charge in [-0.05, 0) is 6.07 Å². The number of rotatable bonds is 1. The highest BCUT2D eigenvalue weighted by atomic mass is 19.4. The van der Waals surface area contributed by atoms with Crippen LogP contribution >= 0.6 is 0 Å². The third kappa shape index (κ3) is 2.20. The fourth-order valence-corrected chi connectivity index (χ4v) is 1.02. The quantitative estimate of drug-likeness (QED) is 0.517. The zero-order valence-electron chi connectivity index (χ0n) is 7.05. The molecule has 2 radical (unpaired) electrons. The van der Waals surface area contributed by atoms with E-state index >= 15 is 0 Å². The van der Waals surface area contributed by atoms with Gasteiger partial charge in [0.2, 0.25) is 0 Å². The van der Waals surface area contributed by atoms with Gasteiger partial charge in [-0.1, -0.05) is 17.6 Å². The number of hydrogen-bond acceptors (Lipinski definition) is 2. The van der Waals surface area contributed by atoms with Crippen molar-refractivity contribution >= 4 is 19.0 Å². The summed E-state index contributed by atoms with van der Waals surface area (Å²) in [5, 5.41) is 8.88. The van der Waals surface area contributed by atoms with E-state index < -0.39 is 12.3 Å². The molecule has 0 fully saturated rings. The minimum absolute atomic E-state index is 0.171. The highest BCUT2D eigenvalue weighted by Gasteiger charge is 2.40. The number of nitrogens with two attached hydrogens (primary N) is 1. The van der Waals surface area contributed by atoms with Gasteiger partial charge in [0.1, 0.15) is 7.85 Å². The molecule has 0 amide bonds. The molecule has 0 spiro atoms. The molecule has 2 nitrogen and oxygen atoms in total. The van der Waals surface area contributed by atoms with Crippen LogP contribution < -0.4 is 11.2 Å². The van der Waals surface area contributed by atoms with Gasteiger partial charge in [0.05, 0.1) is 0 Å². The Kier molecular flexibility index (Phi) is 2.75. The van der Waals surface area contributed by atoms with Crippen LogP contribution in [0.4, 0.5) is 18.9 Å². The molecule has 6 heteroatoms. The maximum atomic E-state index is 12.1. The number of halogens is 3. The van der Waals surface area contributed by atoms with Gasteiger partial charge < -0.3 is 10.8 Å². The summed E-state index contributed by atoms with van der Waals surface area (Å²) in [5.41, 5.74) is 4.98.